The lowest BCUT2D eigenvalue weighted by Gasteiger charge is -2.07. The van der Waals surface area contributed by atoms with Crippen molar-refractivity contribution in [2.75, 3.05) is 4.72 Å². The molecule has 0 amide bonds. The highest BCUT2D eigenvalue weighted by atomic mass is 79.9. The number of halogens is 2. The van der Waals surface area contributed by atoms with Gasteiger partial charge in [-0.1, -0.05) is 11.6 Å². The molecule has 96 valence electrons. The van der Waals surface area contributed by atoms with Gasteiger partial charge in [0, 0.05) is 4.47 Å². The van der Waals surface area contributed by atoms with E-state index >= 15 is 0 Å². The van der Waals surface area contributed by atoms with Crippen molar-refractivity contribution in [3.8, 4) is 0 Å². The summed E-state index contributed by atoms with van der Waals surface area (Å²) in [7, 11) is -3.65. The van der Waals surface area contributed by atoms with Gasteiger partial charge in [0.1, 0.15) is 4.90 Å². The van der Waals surface area contributed by atoms with Gasteiger partial charge in [0.2, 0.25) is 0 Å². The molecule has 0 aliphatic carbocycles. The first-order valence-corrected chi connectivity index (χ1v) is 7.53. The molecule has 0 bridgehead atoms. The molecule has 2 N–H and O–H groups in total. The number of nitrogens with zero attached hydrogens (tertiary/aromatic N) is 1. The summed E-state index contributed by atoms with van der Waals surface area (Å²) in [4.78, 5) is 0.113. The molecule has 0 unspecified atom stereocenters. The normalized spacial score (nSPS) is 11.5. The van der Waals surface area contributed by atoms with Crippen LogP contribution in [0.25, 0.3) is 0 Å². The van der Waals surface area contributed by atoms with E-state index in [-0.39, 0.29) is 4.90 Å². The van der Waals surface area contributed by atoms with Gasteiger partial charge in [-0.3, -0.25) is 9.82 Å². The summed E-state index contributed by atoms with van der Waals surface area (Å²) in [5.74, 6) is 0. The van der Waals surface area contributed by atoms with E-state index in [2.05, 4.69) is 30.8 Å². The average Bonchev–Trinajstić information content (AvgIpc) is 2.70. The third-order valence-electron chi connectivity index (χ3n) is 2.24. The zero-order valence-electron chi connectivity index (χ0n) is 9.24. The van der Waals surface area contributed by atoms with Gasteiger partial charge < -0.3 is 0 Å². The van der Waals surface area contributed by atoms with Crippen molar-refractivity contribution in [2.24, 2.45) is 0 Å². The maximum atomic E-state index is 12.1. The molecule has 0 saturated heterocycles. The van der Waals surface area contributed by atoms with Crippen LogP contribution in [0.15, 0.2) is 33.8 Å². The van der Waals surface area contributed by atoms with Crippen LogP contribution >= 0.6 is 27.5 Å². The molecule has 0 saturated carbocycles. The Balaban J connectivity index is 2.34. The molecule has 0 aliphatic rings. The van der Waals surface area contributed by atoms with Gasteiger partial charge in [-0.05, 0) is 41.1 Å². The van der Waals surface area contributed by atoms with Crippen molar-refractivity contribution in [3.05, 3.63) is 39.6 Å². The van der Waals surface area contributed by atoms with E-state index in [9.17, 15) is 8.42 Å². The van der Waals surface area contributed by atoms with E-state index < -0.39 is 10.0 Å². The van der Waals surface area contributed by atoms with Crippen LogP contribution in [-0.4, -0.2) is 18.6 Å². The Morgan fingerprint density at radius 2 is 2.17 bits per heavy atom. The number of hydrogen-bond acceptors (Lipinski definition) is 3. The minimum atomic E-state index is -3.65. The number of nitrogens with one attached hydrogen (secondary N) is 2. The van der Waals surface area contributed by atoms with Gasteiger partial charge in [-0.25, -0.2) is 8.42 Å². The van der Waals surface area contributed by atoms with E-state index in [0.29, 0.717) is 20.9 Å². The fourth-order valence-corrected chi connectivity index (χ4v) is 2.99. The van der Waals surface area contributed by atoms with Crippen LogP contribution in [0.2, 0.25) is 5.02 Å². The molecule has 8 heteroatoms. The highest BCUT2D eigenvalue weighted by Gasteiger charge is 2.18. The summed E-state index contributed by atoms with van der Waals surface area (Å²) >= 11 is 9.13. The first-order valence-electron chi connectivity index (χ1n) is 4.88. The summed E-state index contributed by atoms with van der Waals surface area (Å²) in [6.07, 6.45) is 1.26. The zero-order chi connectivity index (χ0) is 13.3. The Bertz CT molecular complexity index is 684. The summed E-state index contributed by atoms with van der Waals surface area (Å²) in [5.41, 5.74) is 0.870. The topological polar surface area (TPSA) is 74.8 Å². The molecule has 18 heavy (non-hydrogen) atoms. The maximum Gasteiger partial charge on any atom is 0.265 e. The number of benzene rings is 1. The molecule has 5 nitrogen and oxygen atoms in total. The lowest BCUT2D eigenvalue weighted by molar-refractivity contribution is 0.600. The van der Waals surface area contributed by atoms with Crippen molar-refractivity contribution in [1.29, 1.82) is 0 Å². The van der Waals surface area contributed by atoms with E-state index in [1.54, 1.807) is 19.1 Å². The van der Waals surface area contributed by atoms with E-state index in [0.717, 1.165) is 0 Å². The number of rotatable bonds is 3. The van der Waals surface area contributed by atoms with Crippen LogP contribution in [0.3, 0.4) is 0 Å². The number of sulfonamides is 1. The highest BCUT2D eigenvalue weighted by molar-refractivity contribution is 9.10. The molecular weight excluding hydrogens is 342 g/mol. The maximum absolute atomic E-state index is 12.1. The third kappa shape index (κ3) is 2.68. The fourth-order valence-electron chi connectivity index (χ4n) is 1.38. The summed E-state index contributed by atoms with van der Waals surface area (Å²) in [6.45, 7) is 1.64. The van der Waals surface area contributed by atoms with Gasteiger partial charge in [-0.15, -0.1) is 0 Å². The van der Waals surface area contributed by atoms with Gasteiger partial charge in [-0.2, -0.15) is 5.10 Å². The molecule has 0 fully saturated rings. The molecule has 0 atom stereocenters. The number of hydrogen-bond donors (Lipinski definition) is 2. The van der Waals surface area contributed by atoms with Crippen LogP contribution in [0.4, 0.5) is 5.69 Å². The molecule has 1 aromatic carbocycles. The van der Waals surface area contributed by atoms with Crippen LogP contribution < -0.4 is 4.72 Å². The van der Waals surface area contributed by atoms with Crippen molar-refractivity contribution in [1.82, 2.24) is 10.2 Å². The SMILES string of the molecule is Cc1[nH]ncc1S(=O)(=O)Nc1ccc(Br)c(Cl)c1. The van der Waals surface area contributed by atoms with Crippen LogP contribution in [0.5, 0.6) is 0 Å². The Hall–Kier alpha value is -1.05. The van der Waals surface area contributed by atoms with Crippen LogP contribution in [0, 0.1) is 6.92 Å². The second-order valence-electron chi connectivity index (χ2n) is 3.59. The van der Waals surface area contributed by atoms with Gasteiger partial charge in [0.05, 0.1) is 22.6 Å². The summed E-state index contributed by atoms with van der Waals surface area (Å²) in [6, 6.07) is 4.81. The molecule has 0 radical (unpaired) electrons. The third-order valence-corrected chi connectivity index (χ3v) is 4.97. The minimum absolute atomic E-state index is 0.113. The number of anilines is 1. The Morgan fingerprint density at radius 1 is 1.44 bits per heavy atom. The van der Waals surface area contributed by atoms with E-state index in [1.165, 1.54) is 12.3 Å². The second kappa shape index (κ2) is 4.91. The summed E-state index contributed by atoms with van der Waals surface area (Å²) < 4.78 is 27.2. The Morgan fingerprint density at radius 3 is 2.72 bits per heavy atom. The standard InChI is InChI=1S/C10H9BrClN3O2S/c1-6-10(5-13-14-6)18(16,17)15-7-2-3-8(11)9(12)4-7/h2-5,15H,1H3,(H,13,14). The van der Waals surface area contributed by atoms with Crippen LogP contribution in [0.1, 0.15) is 5.69 Å². The quantitative estimate of drug-likeness (QED) is 0.893. The van der Waals surface area contributed by atoms with Crippen molar-refractivity contribution in [3.63, 3.8) is 0 Å². The highest BCUT2D eigenvalue weighted by Crippen LogP contribution is 2.27. The second-order valence-corrected chi connectivity index (χ2v) is 6.51. The number of H-pyrrole nitrogens is 1. The molecule has 1 aromatic heterocycles. The summed E-state index contributed by atoms with van der Waals surface area (Å²) in [5, 5.41) is 6.69. The number of aromatic nitrogens is 2. The lowest BCUT2D eigenvalue weighted by Crippen LogP contribution is -2.13. The molecule has 1 heterocycles. The smallest absolute Gasteiger partial charge is 0.265 e. The largest absolute Gasteiger partial charge is 0.281 e. The van der Waals surface area contributed by atoms with E-state index in [4.69, 9.17) is 11.6 Å². The zero-order valence-corrected chi connectivity index (χ0v) is 12.4. The van der Waals surface area contributed by atoms with Crippen molar-refractivity contribution < 1.29 is 8.42 Å². The lowest BCUT2D eigenvalue weighted by atomic mass is 10.3. The molecule has 0 aliphatic heterocycles. The average molecular weight is 351 g/mol. The Kier molecular flexibility index (Phi) is 3.65. The molecule has 2 rings (SSSR count). The molecule has 0 spiro atoms. The molecular formula is C10H9BrClN3O2S. The first-order chi connectivity index (χ1) is 8.40. The van der Waals surface area contributed by atoms with Gasteiger partial charge in [0.15, 0.2) is 0 Å². The fraction of sp³-hybridized carbons (Fsp3) is 0.100. The minimum Gasteiger partial charge on any atom is -0.281 e. The predicted molar refractivity (Wildman–Crippen MR) is 73.3 cm³/mol. The number of aromatic amines is 1. The monoisotopic (exact) mass is 349 g/mol. The van der Waals surface area contributed by atoms with Crippen molar-refractivity contribution in [2.45, 2.75) is 11.8 Å². The van der Waals surface area contributed by atoms with E-state index in [1.807, 2.05) is 0 Å². The number of aryl methyl sites for hydroxylation is 1. The first kappa shape index (κ1) is 13.4. The van der Waals surface area contributed by atoms with Gasteiger partial charge in [0.25, 0.3) is 10.0 Å². The van der Waals surface area contributed by atoms with Gasteiger partial charge >= 0.3 is 0 Å². The van der Waals surface area contributed by atoms with Crippen LogP contribution in [-0.2, 0) is 10.0 Å². The predicted octanol–water partition coefficient (Wildman–Crippen LogP) is 2.93. The molecule has 2 aromatic rings. The Labute approximate surface area is 118 Å². The van der Waals surface area contributed by atoms with Crippen molar-refractivity contribution >= 4 is 43.2 Å².